The zero-order valence-corrected chi connectivity index (χ0v) is 16.4. The van der Waals surface area contributed by atoms with Crippen molar-refractivity contribution in [3.05, 3.63) is 69.6 Å². The van der Waals surface area contributed by atoms with Gasteiger partial charge in [0.25, 0.3) is 0 Å². The maximum Gasteiger partial charge on any atom is 0.416 e. The summed E-state index contributed by atoms with van der Waals surface area (Å²) in [5.74, 6) is 0.0671. The van der Waals surface area contributed by atoms with E-state index in [1.165, 1.54) is 18.2 Å². The van der Waals surface area contributed by atoms with Gasteiger partial charge in [-0.3, -0.25) is 4.90 Å². The molecular formula is C22H21F3N2O3. The molecule has 1 aromatic heterocycles. The van der Waals surface area contributed by atoms with Crippen molar-refractivity contribution in [2.24, 2.45) is 0 Å². The number of benzene rings is 2. The first-order valence-corrected chi connectivity index (χ1v) is 9.62. The first-order valence-electron chi connectivity index (χ1n) is 9.62. The molecule has 8 heteroatoms. The average Bonchev–Trinajstić information content (AvgIpc) is 2.71. The fraction of sp³-hybridized carbons (Fsp3) is 0.318. The minimum absolute atomic E-state index is 0.0671. The van der Waals surface area contributed by atoms with Gasteiger partial charge in [-0.1, -0.05) is 6.07 Å². The molecule has 4 rings (SSSR count). The normalized spacial score (nSPS) is 15.7. The Balaban J connectivity index is 1.50. The molecule has 158 valence electrons. The Bertz CT molecular complexity index is 1130. The lowest BCUT2D eigenvalue weighted by molar-refractivity contribution is -0.137. The number of aromatic hydroxyl groups is 1. The van der Waals surface area contributed by atoms with E-state index < -0.39 is 17.4 Å². The number of alkyl halides is 3. The monoisotopic (exact) mass is 418 g/mol. The highest BCUT2D eigenvalue weighted by Gasteiger charge is 2.31. The van der Waals surface area contributed by atoms with Gasteiger partial charge in [-0.15, -0.1) is 0 Å². The summed E-state index contributed by atoms with van der Waals surface area (Å²) in [6, 6.07) is 10.1. The van der Waals surface area contributed by atoms with Crippen molar-refractivity contribution < 1.29 is 22.7 Å². The standard InChI is InChI=1S/C22H21F3N2O3/c1-14-19(28)6-5-18-15(11-20(29)30-21(14)18)13-26-7-9-27(10-8-26)17-4-2-3-16(12-17)22(23,24)25/h2-6,11-12,28H,7-10,13H2,1H3. The van der Waals surface area contributed by atoms with Gasteiger partial charge in [0.05, 0.1) is 5.56 Å². The number of anilines is 1. The van der Waals surface area contributed by atoms with Gasteiger partial charge in [0.1, 0.15) is 11.3 Å². The summed E-state index contributed by atoms with van der Waals surface area (Å²) in [6.07, 6.45) is -4.36. The molecule has 0 amide bonds. The van der Waals surface area contributed by atoms with Crippen LogP contribution in [0, 0.1) is 6.92 Å². The molecule has 5 nitrogen and oxygen atoms in total. The minimum atomic E-state index is -4.36. The summed E-state index contributed by atoms with van der Waals surface area (Å²) >= 11 is 0. The molecule has 2 aromatic carbocycles. The molecule has 1 aliphatic rings. The fourth-order valence-electron chi connectivity index (χ4n) is 3.83. The van der Waals surface area contributed by atoms with Crippen molar-refractivity contribution in [3.63, 3.8) is 0 Å². The molecule has 1 N–H and O–H groups in total. The lowest BCUT2D eigenvalue weighted by atomic mass is 10.1. The molecular weight excluding hydrogens is 397 g/mol. The van der Waals surface area contributed by atoms with E-state index in [-0.39, 0.29) is 5.75 Å². The number of fused-ring (bicyclic) bond motifs is 1. The highest BCUT2D eigenvalue weighted by molar-refractivity contribution is 5.84. The summed E-state index contributed by atoms with van der Waals surface area (Å²) in [7, 11) is 0. The molecule has 0 spiro atoms. The van der Waals surface area contributed by atoms with Gasteiger partial charge in [-0.05, 0) is 42.8 Å². The SMILES string of the molecule is Cc1c(O)ccc2c(CN3CCN(c4cccc(C(F)(F)F)c4)CC3)cc(=O)oc12. The lowest BCUT2D eigenvalue weighted by Crippen LogP contribution is -2.46. The molecule has 1 saturated heterocycles. The Morgan fingerprint density at radius 1 is 1.07 bits per heavy atom. The molecule has 2 heterocycles. The van der Waals surface area contributed by atoms with E-state index in [1.807, 2.05) is 4.90 Å². The van der Waals surface area contributed by atoms with E-state index in [2.05, 4.69) is 4.90 Å². The van der Waals surface area contributed by atoms with E-state index in [0.717, 1.165) is 17.0 Å². The molecule has 1 fully saturated rings. The van der Waals surface area contributed by atoms with Gasteiger partial charge < -0.3 is 14.4 Å². The third-order valence-corrected chi connectivity index (χ3v) is 5.52. The largest absolute Gasteiger partial charge is 0.508 e. The van der Waals surface area contributed by atoms with Gasteiger partial charge in [0, 0.05) is 55.4 Å². The number of halogens is 3. The second kappa shape index (κ2) is 7.68. The van der Waals surface area contributed by atoms with Crippen LogP contribution in [0.2, 0.25) is 0 Å². The summed E-state index contributed by atoms with van der Waals surface area (Å²) in [5.41, 5.74) is 1.12. The van der Waals surface area contributed by atoms with Gasteiger partial charge in [-0.2, -0.15) is 13.2 Å². The Labute approximate surface area is 170 Å². The van der Waals surface area contributed by atoms with Crippen molar-refractivity contribution in [3.8, 4) is 5.75 Å². The molecule has 1 aliphatic heterocycles. The number of aryl methyl sites for hydroxylation is 1. The first-order chi connectivity index (χ1) is 14.2. The molecule has 0 bridgehead atoms. The molecule has 30 heavy (non-hydrogen) atoms. The van der Waals surface area contributed by atoms with Crippen LogP contribution in [0.3, 0.4) is 0 Å². The summed E-state index contributed by atoms with van der Waals surface area (Å²) in [4.78, 5) is 16.1. The Morgan fingerprint density at radius 3 is 2.50 bits per heavy atom. The van der Waals surface area contributed by atoms with Crippen LogP contribution in [0.15, 0.2) is 51.7 Å². The van der Waals surface area contributed by atoms with Crippen molar-refractivity contribution in [1.29, 1.82) is 0 Å². The van der Waals surface area contributed by atoms with Crippen LogP contribution in [-0.2, 0) is 12.7 Å². The van der Waals surface area contributed by atoms with E-state index in [1.54, 1.807) is 25.1 Å². The van der Waals surface area contributed by atoms with Crippen LogP contribution in [0.4, 0.5) is 18.9 Å². The maximum atomic E-state index is 13.0. The van der Waals surface area contributed by atoms with Gasteiger partial charge in [-0.25, -0.2) is 4.79 Å². The molecule has 0 aliphatic carbocycles. The predicted octanol–water partition coefficient (Wildman–Crippen LogP) is 4.15. The number of nitrogens with zero attached hydrogens (tertiary/aromatic N) is 2. The second-order valence-corrected chi connectivity index (χ2v) is 7.49. The Morgan fingerprint density at radius 2 is 1.80 bits per heavy atom. The first kappa shape index (κ1) is 20.3. The third-order valence-electron chi connectivity index (χ3n) is 5.52. The van der Waals surface area contributed by atoms with E-state index in [9.17, 15) is 23.1 Å². The van der Waals surface area contributed by atoms with Crippen LogP contribution < -0.4 is 10.5 Å². The van der Waals surface area contributed by atoms with E-state index >= 15 is 0 Å². The fourth-order valence-corrected chi connectivity index (χ4v) is 3.83. The van der Waals surface area contributed by atoms with Gasteiger partial charge in [0.15, 0.2) is 0 Å². The van der Waals surface area contributed by atoms with Gasteiger partial charge >= 0.3 is 11.8 Å². The van der Waals surface area contributed by atoms with Crippen LogP contribution >= 0.6 is 0 Å². The topological polar surface area (TPSA) is 56.9 Å². The smallest absolute Gasteiger partial charge is 0.416 e. The zero-order chi connectivity index (χ0) is 21.5. The molecule has 0 radical (unpaired) electrons. The number of rotatable bonds is 3. The van der Waals surface area contributed by atoms with Crippen LogP contribution in [0.1, 0.15) is 16.7 Å². The Hall–Kier alpha value is -3.00. The number of hydrogen-bond acceptors (Lipinski definition) is 5. The van der Waals surface area contributed by atoms with Crippen LogP contribution in [0.25, 0.3) is 11.0 Å². The van der Waals surface area contributed by atoms with Crippen molar-refractivity contribution in [1.82, 2.24) is 4.90 Å². The van der Waals surface area contributed by atoms with E-state index in [4.69, 9.17) is 4.42 Å². The number of hydrogen-bond donors (Lipinski definition) is 1. The maximum absolute atomic E-state index is 13.0. The number of phenolic OH excluding ortho intramolecular Hbond substituents is 1. The molecule has 0 unspecified atom stereocenters. The Kier molecular flexibility index (Phi) is 5.19. The molecule has 3 aromatic rings. The van der Waals surface area contributed by atoms with E-state index in [0.29, 0.717) is 49.6 Å². The second-order valence-electron chi connectivity index (χ2n) is 7.49. The lowest BCUT2D eigenvalue weighted by Gasteiger charge is -2.36. The van der Waals surface area contributed by atoms with Crippen molar-refractivity contribution in [2.45, 2.75) is 19.6 Å². The quantitative estimate of drug-likeness (QED) is 0.648. The van der Waals surface area contributed by atoms with Crippen molar-refractivity contribution in [2.75, 3.05) is 31.1 Å². The summed E-state index contributed by atoms with van der Waals surface area (Å²) in [6.45, 7) is 4.67. The number of phenols is 1. The molecule has 0 saturated carbocycles. The summed E-state index contributed by atoms with van der Waals surface area (Å²) in [5, 5.41) is 10.6. The van der Waals surface area contributed by atoms with Crippen LogP contribution in [-0.4, -0.2) is 36.2 Å². The highest BCUT2D eigenvalue weighted by Crippen LogP contribution is 2.32. The third kappa shape index (κ3) is 4.00. The van der Waals surface area contributed by atoms with Crippen molar-refractivity contribution >= 4 is 16.7 Å². The average molecular weight is 418 g/mol. The minimum Gasteiger partial charge on any atom is -0.508 e. The zero-order valence-electron chi connectivity index (χ0n) is 16.4. The summed E-state index contributed by atoms with van der Waals surface area (Å²) < 4.78 is 44.2. The van der Waals surface area contributed by atoms with Crippen LogP contribution in [0.5, 0.6) is 5.75 Å². The number of piperazine rings is 1. The van der Waals surface area contributed by atoms with Gasteiger partial charge in [0.2, 0.25) is 0 Å². The highest BCUT2D eigenvalue weighted by atomic mass is 19.4. The predicted molar refractivity (Wildman–Crippen MR) is 108 cm³/mol. The molecule has 0 atom stereocenters.